The standard InChI is InChI=1S/C21H22N4O3/c1-12-11-22-21(27-12)13-2-5-17(19(26)8-13)18-6-7-20(25-24-18)28-16-9-14-3-4-15(10-16)23-14/h2,5-8,11,14-16,23,26H,3-4,9-10H2,1H3/t14-,15?,16-/m1/s1. The third-order valence-electron chi connectivity index (χ3n) is 5.50. The molecule has 1 aromatic carbocycles. The molecule has 0 spiro atoms. The minimum Gasteiger partial charge on any atom is -0.507 e. The molecular weight excluding hydrogens is 356 g/mol. The number of piperidine rings is 1. The molecule has 2 aliphatic rings. The first-order valence-electron chi connectivity index (χ1n) is 9.66. The van der Waals surface area contributed by atoms with Crippen LogP contribution in [-0.2, 0) is 0 Å². The van der Waals surface area contributed by atoms with Gasteiger partial charge in [0.1, 0.15) is 17.6 Å². The van der Waals surface area contributed by atoms with Crippen molar-refractivity contribution in [1.29, 1.82) is 0 Å². The van der Waals surface area contributed by atoms with Crippen LogP contribution in [0.1, 0.15) is 31.4 Å². The van der Waals surface area contributed by atoms with Gasteiger partial charge in [0.15, 0.2) is 0 Å². The van der Waals surface area contributed by atoms with Crippen molar-refractivity contribution < 1.29 is 14.3 Å². The Morgan fingerprint density at radius 1 is 1.11 bits per heavy atom. The Labute approximate surface area is 162 Å². The lowest BCUT2D eigenvalue weighted by Gasteiger charge is -2.28. The first kappa shape index (κ1) is 17.2. The number of aromatic nitrogens is 3. The molecule has 2 bridgehead atoms. The Morgan fingerprint density at radius 2 is 1.93 bits per heavy atom. The van der Waals surface area contributed by atoms with E-state index in [0.717, 1.165) is 18.6 Å². The molecule has 0 amide bonds. The van der Waals surface area contributed by atoms with Crippen LogP contribution in [0.3, 0.4) is 0 Å². The maximum Gasteiger partial charge on any atom is 0.233 e. The molecule has 0 radical (unpaired) electrons. The molecule has 0 saturated carbocycles. The number of rotatable bonds is 4. The monoisotopic (exact) mass is 378 g/mol. The summed E-state index contributed by atoms with van der Waals surface area (Å²) < 4.78 is 11.5. The first-order valence-corrected chi connectivity index (χ1v) is 9.66. The molecule has 7 heteroatoms. The number of nitrogens with zero attached hydrogens (tertiary/aromatic N) is 3. The highest BCUT2D eigenvalue weighted by molar-refractivity contribution is 5.71. The minimum atomic E-state index is 0.103. The summed E-state index contributed by atoms with van der Waals surface area (Å²) in [5.74, 6) is 1.83. The van der Waals surface area contributed by atoms with Crippen LogP contribution < -0.4 is 10.1 Å². The fourth-order valence-electron chi connectivity index (χ4n) is 4.17. The molecule has 4 heterocycles. The highest BCUT2D eigenvalue weighted by Gasteiger charge is 2.34. The van der Waals surface area contributed by atoms with Gasteiger partial charge in [0.05, 0.1) is 11.9 Å². The van der Waals surface area contributed by atoms with Crippen LogP contribution in [-0.4, -0.2) is 38.5 Å². The molecule has 1 unspecified atom stereocenters. The van der Waals surface area contributed by atoms with Gasteiger partial charge in [-0.15, -0.1) is 10.2 Å². The number of ether oxygens (including phenoxy) is 1. The molecule has 28 heavy (non-hydrogen) atoms. The van der Waals surface area contributed by atoms with Crippen molar-refractivity contribution in [3.63, 3.8) is 0 Å². The first-order chi connectivity index (χ1) is 13.6. The Bertz CT molecular complexity index is 974. The van der Waals surface area contributed by atoms with Crippen molar-refractivity contribution in [2.75, 3.05) is 0 Å². The van der Waals surface area contributed by atoms with Gasteiger partial charge in [0.2, 0.25) is 11.8 Å². The summed E-state index contributed by atoms with van der Waals surface area (Å²) in [6, 6.07) is 10.0. The van der Waals surface area contributed by atoms with E-state index >= 15 is 0 Å². The predicted octanol–water partition coefficient (Wildman–Crippen LogP) is 3.47. The fraction of sp³-hybridized carbons (Fsp3) is 0.381. The summed E-state index contributed by atoms with van der Waals surface area (Å²) in [6.45, 7) is 1.83. The van der Waals surface area contributed by atoms with E-state index in [2.05, 4.69) is 20.5 Å². The van der Waals surface area contributed by atoms with Crippen molar-refractivity contribution in [3.8, 4) is 34.3 Å². The Kier molecular flexibility index (Phi) is 4.24. The largest absolute Gasteiger partial charge is 0.507 e. The fourth-order valence-corrected chi connectivity index (χ4v) is 4.17. The summed E-state index contributed by atoms with van der Waals surface area (Å²) in [6.07, 6.45) is 6.34. The number of aryl methyl sites for hydroxylation is 1. The molecule has 2 N–H and O–H groups in total. The summed E-state index contributed by atoms with van der Waals surface area (Å²) in [5.41, 5.74) is 1.90. The van der Waals surface area contributed by atoms with E-state index in [1.54, 1.807) is 18.3 Å². The number of benzene rings is 1. The zero-order chi connectivity index (χ0) is 19.1. The lowest BCUT2D eigenvalue weighted by molar-refractivity contribution is 0.130. The average Bonchev–Trinajstić information content (AvgIpc) is 3.27. The van der Waals surface area contributed by atoms with Crippen LogP contribution in [0.25, 0.3) is 22.7 Å². The van der Waals surface area contributed by atoms with E-state index in [-0.39, 0.29) is 11.9 Å². The minimum absolute atomic E-state index is 0.103. The SMILES string of the molecule is Cc1cnc(-c2ccc(-c3ccc(O[C@H]4CC5CC[C@H](C4)N5)nn3)c(O)c2)o1. The molecule has 3 atom stereocenters. The second-order valence-corrected chi connectivity index (χ2v) is 7.61. The Balaban J connectivity index is 1.31. The lowest BCUT2D eigenvalue weighted by atomic mass is 10.0. The van der Waals surface area contributed by atoms with Gasteiger partial charge in [-0.1, -0.05) is 0 Å². The Morgan fingerprint density at radius 3 is 2.57 bits per heavy atom. The van der Waals surface area contributed by atoms with Crippen molar-refractivity contribution >= 4 is 0 Å². The molecule has 2 aromatic heterocycles. The van der Waals surface area contributed by atoms with Crippen LogP contribution in [0, 0.1) is 6.92 Å². The van der Waals surface area contributed by atoms with Crippen LogP contribution >= 0.6 is 0 Å². The molecule has 3 aromatic rings. The summed E-state index contributed by atoms with van der Waals surface area (Å²) in [5, 5.41) is 22.5. The average molecular weight is 378 g/mol. The van der Waals surface area contributed by atoms with E-state index in [1.807, 2.05) is 25.1 Å². The Hall–Kier alpha value is -2.93. The normalized spacial score (nSPS) is 23.7. The predicted molar refractivity (Wildman–Crippen MR) is 103 cm³/mol. The second-order valence-electron chi connectivity index (χ2n) is 7.61. The third kappa shape index (κ3) is 3.33. The maximum atomic E-state index is 10.4. The van der Waals surface area contributed by atoms with Gasteiger partial charge >= 0.3 is 0 Å². The molecule has 7 nitrogen and oxygen atoms in total. The molecule has 5 rings (SSSR count). The lowest BCUT2D eigenvalue weighted by Crippen LogP contribution is -2.42. The topological polar surface area (TPSA) is 93.3 Å². The maximum absolute atomic E-state index is 10.4. The summed E-state index contributed by atoms with van der Waals surface area (Å²) in [4.78, 5) is 4.18. The summed E-state index contributed by atoms with van der Waals surface area (Å²) in [7, 11) is 0. The van der Waals surface area contributed by atoms with Gasteiger partial charge in [0, 0.05) is 29.3 Å². The van der Waals surface area contributed by atoms with E-state index in [1.165, 1.54) is 12.8 Å². The molecule has 144 valence electrons. The summed E-state index contributed by atoms with van der Waals surface area (Å²) >= 11 is 0. The molecule has 0 aliphatic carbocycles. The van der Waals surface area contributed by atoms with Crippen molar-refractivity contribution in [1.82, 2.24) is 20.5 Å². The van der Waals surface area contributed by atoms with Crippen molar-refractivity contribution in [3.05, 3.63) is 42.3 Å². The smallest absolute Gasteiger partial charge is 0.233 e. The van der Waals surface area contributed by atoms with E-state index in [0.29, 0.717) is 40.7 Å². The quantitative estimate of drug-likeness (QED) is 0.718. The third-order valence-corrected chi connectivity index (χ3v) is 5.50. The van der Waals surface area contributed by atoms with Crippen molar-refractivity contribution in [2.24, 2.45) is 0 Å². The van der Waals surface area contributed by atoms with Crippen LogP contribution in [0.15, 0.2) is 40.9 Å². The van der Waals surface area contributed by atoms with Crippen LogP contribution in [0.5, 0.6) is 11.6 Å². The number of hydrogen-bond acceptors (Lipinski definition) is 7. The van der Waals surface area contributed by atoms with Gasteiger partial charge in [-0.3, -0.25) is 0 Å². The number of phenols is 1. The number of phenolic OH excluding ortho intramolecular Hbond substituents is 1. The van der Waals surface area contributed by atoms with Crippen molar-refractivity contribution in [2.45, 2.75) is 50.8 Å². The zero-order valence-corrected chi connectivity index (χ0v) is 15.6. The van der Waals surface area contributed by atoms with E-state index in [4.69, 9.17) is 9.15 Å². The van der Waals surface area contributed by atoms with E-state index < -0.39 is 0 Å². The molecule has 2 aliphatic heterocycles. The molecule has 2 saturated heterocycles. The van der Waals surface area contributed by atoms with Gasteiger partial charge in [0.25, 0.3) is 0 Å². The van der Waals surface area contributed by atoms with Gasteiger partial charge in [-0.2, -0.15) is 0 Å². The molecule has 2 fully saturated rings. The highest BCUT2D eigenvalue weighted by Crippen LogP contribution is 2.33. The van der Waals surface area contributed by atoms with Crippen LogP contribution in [0.2, 0.25) is 0 Å². The zero-order valence-electron chi connectivity index (χ0n) is 15.6. The number of nitrogens with one attached hydrogen (secondary N) is 1. The van der Waals surface area contributed by atoms with Gasteiger partial charge < -0.3 is 19.6 Å². The number of fused-ring (bicyclic) bond motifs is 2. The van der Waals surface area contributed by atoms with E-state index in [9.17, 15) is 5.11 Å². The van der Waals surface area contributed by atoms with Gasteiger partial charge in [-0.05, 0) is 56.9 Å². The number of aromatic hydroxyl groups is 1. The second kappa shape index (κ2) is 6.91. The molecular formula is C21H22N4O3. The number of oxazole rings is 1. The van der Waals surface area contributed by atoms with Gasteiger partial charge in [-0.25, -0.2) is 4.98 Å². The number of hydrogen-bond donors (Lipinski definition) is 2. The van der Waals surface area contributed by atoms with Crippen LogP contribution in [0.4, 0.5) is 0 Å². The highest BCUT2D eigenvalue weighted by atomic mass is 16.5.